The monoisotopic (exact) mass is 317 g/mol. The lowest BCUT2D eigenvalue weighted by Gasteiger charge is -2.60. The molecule has 0 aromatic carbocycles. The van der Waals surface area contributed by atoms with Crippen LogP contribution < -0.4 is 0 Å². The Morgan fingerprint density at radius 2 is 1.96 bits per heavy atom. The molecular formula is C20H28FNO. The summed E-state index contributed by atoms with van der Waals surface area (Å²) in [6, 6.07) is 0. The molecule has 4 fully saturated rings. The zero-order valence-electron chi connectivity index (χ0n) is 14.3. The predicted molar refractivity (Wildman–Crippen MR) is 89.3 cm³/mol. The van der Waals surface area contributed by atoms with E-state index in [0.717, 1.165) is 44.2 Å². The molecule has 0 amide bonds. The molecule has 4 aliphatic rings. The van der Waals surface area contributed by atoms with E-state index < -0.39 is 11.6 Å². The van der Waals surface area contributed by atoms with Crippen molar-refractivity contribution in [1.29, 1.82) is 5.41 Å². The molecule has 1 N–H and O–H groups in total. The number of rotatable bonds is 0. The van der Waals surface area contributed by atoms with Crippen molar-refractivity contribution in [3.8, 4) is 0 Å². The average molecular weight is 317 g/mol. The van der Waals surface area contributed by atoms with Gasteiger partial charge in [0.05, 0.1) is 0 Å². The first-order valence-corrected chi connectivity index (χ1v) is 9.19. The number of halogens is 1. The molecule has 0 radical (unpaired) electrons. The highest BCUT2D eigenvalue weighted by Gasteiger charge is 2.63. The third kappa shape index (κ3) is 1.91. The highest BCUT2D eigenvalue weighted by atomic mass is 19.1. The predicted octanol–water partition coefficient (Wildman–Crippen LogP) is 4.73. The van der Waals surface area contributed by atoms with Crippen LogP contribution in [0.5, 0.6) is 0 Å². The second kappa shape index (κ2) is 4.77. The zero-order chi connectivity index (χ0) is 16.6. The van der Waals surface area contributed by atoms with Gasteiger partial charge in [0, 0.05) is 11.1 Å². The summed E-state index contributed by atoms with van der Waals surface area (Å²) < 4.78 is 14.2. The van der Waals surface area contributed by atoms with Crippen molar-refractivity contribution in [3.63, 3.8) is 0 Å². The Balaban J connectivity index is 1.71. The first-order chi connectivity index (χ1) is 10.8. The first-order valence-electron chi connectivity index (χ1n) is 9.19. The van der Waals surface area contributed by atoms with Crippen molar-refractivity contribution < 1.29 is 9.18 Å². The lowest BCUT2D eigenvalue weighted by Crippen LogP contribution is -2.54. The van der Waals surface area contributed by atoms with Gasteiger partial charge in [-0.15, -0.1) is 0 Å². The van der Waals surface area contributed by atoms with E-state index in [2.05, 4.69) is 13.5 Å². The maximum absolute atomic E-state index is 14.2. The van der Waals surface area contributed by atoms with Crippen LogP contribution >= 0.6 is 0 Å². The Kier molecular flexibility index (Phi) is 3.22. The Hall–Kier alpha value is -0.990. The van der Waals surface area contributed by atoms with Gasteiger partial charge in [0.25, 0.3) is 0 Å². The molecule has 5 unspecified atom stereocenters. The number of nitrogens with one attached hydrogen (secondary N) is 1. The fourth-order valence-corrected chi connectivity index (χ4v) is 6.82. The van der Waals surface area contributed by atoms with Crippen molar-refractivity contribution in [2.24, 2.45) is 34.5 Å². The maximum Gasteiger partial charge on any atom is 0.173 e. The second-order valence-electron chi connectivity index (χ2n) is 9.13. The average Bonchev–Trinajstić information content (AvgIpc) is 2.73. The van der Waals surface area contributed by atoms with E-state index in [1.54, 1.807) is 0 Å². The molecule has 4 saturated carbocycles. The van der Waals surface area contributed by atoms with Gasteiger partial charge in [-0.1, -0.05) is 26.0 Å². The lowest BCUT2D eigenvalue weighted by molar-refractivity contribution is -0.136. The molecule has 0 aromatic rings. The standard InChI is InChI=1S/C20H28FNO/c1-11-8-13-14(19(2)6-4-12(22)9-15(11)19)5-7-20(3)16(13)10-17(21)18(20)23/h13-17,22H,1,4-10H2,2-3H3/t13?,14?,15?,16?,17?,19-,20+/m1/s1. The molecule has 7 atom stereocenters. The van der Waals surface area contributed by atoms with E-state index in [1.807, 2.05) is 6.92 Å². The van der Waals surface area contributed by atoms with Crippen LogP contribution in [0.1, 0.15) is 58.8 Å². The van der Waals surface area contributed by atoms with E-state index in [-0.39, 0.29) is 17.1 Å². The van der Waals surface area contributed by atoms with Gasteiger partial charge in [0.1, 0.15) is 0 Å². The van der Waals surface area contributed by atoms with E-state index in [9.17, 15) is 9.18 Å². The Labute approximate surface area is 138 Å². The first kappa shape index (κ1) is 15.5. The summed E-state index contributed by atoms with van der Waals surface area (Å²) in [4.78, 5) is 12.4. The van der Waals surface area contributed by atoms with Gasteiger partial charge in [-0.2, -0.15) is 0 Å². The lowest BCUT2D eigenvalue weighted by atomic mass is 9.44. The van der Waals surface area contributed by atoms with Crippen LogP contribution in [-0.4, -0.2) is 17.7 Å². The third-order valence-corrected chi connectivity index (χ3v) is 8.18. The van der Waals surface area contributed by atoms with Crippen LogP contribution in [0.25, 0.3) is 0 Å². The number of hydrogen-bond donors (Lipinski definition) is 1. The molecule has 3 heteroatoms. The van der Waals surface area contributed by atoms with Crippen LogP contribution in [0.15, 0.2) is 12.2 Å². The van der Waals surface area contributed by atoms with E-state index in [4.69, 9.17) is 5.41 Å². The minimum Gasteiger partial charge on any atom is -0.310 e. The number of fused-ring (bicyclic) bond motifs is 5. The van der Waals surface area contributed by atoms with Gasteiger partial charge < -0.3 is 5.41 Å². The topological polar surface area (TPSA) is 40.9 Å². The summed E-state index contributed by atoms with van der Waals surface area (Å²) in [5.41, 5.74) is 1.89. The Bertz CT molecular complexity index is 598. The molecule has 0 heterocycles. The van der Waals surface area contributed by atoms with Gasteiger partial charge >= 0.3 is 0 Å². The van der Waals surface area contributed by atoms with E-state index >= 15 is 0 Å². The highest BCUT2D eigenvalue weighted by Crippen LogP contribution is 2.66. The number of hydrogen-bond acceptors (Lipinski definition) is 2. The van der Waals surface area contributed by atoms with Crippen molar-refractivity contribution >= 4 is 11.5 Å². The number of alkyl halides is 1. The number of carbonyl (C=O) groups excluding carboxylic acids is 1. The fourth-order valence-electron chi connectivity index (χ4n) is 6.82. The van der Waals surface area contributed by atoms with E-state index in [1.165, 1.54) is 5.57 Å². The Morgan fingerprint density at radius 3 is 2.70 bits per heavy atom. The van der Waals surface area contributed by atoms with E-state index in [0.29, 0.717) is 24.2 Å². The highest BCUT2D eigenvalue weighted by molar-refractivity contribution is 5.91. The SMILES string of the molecule is C=C1CC2C(CC[C@]3(C)C(=O)C(F)CC23)[C@@]2(C)CCC(=N)CC12. The molecule has 0 spiro atoms. The summed E-state index contributed by atoms with van der Waals surface area (Å²) in [6.45, 7) is 8.77. The maximum atomic E-state index is 14.2. The minimum atomic E-state index is -1.25. The molecule has 0 bridgehead atoms. The molecule has 2 nitrogen and oxygen atoms in total. The molecule has 4 aliphatic carbocycles. The Morgan fingerprint density at radius 1 is 1.22 bits per heavy atom. The molecule has 4 rings (SSSR count). The largest absolute Gasteiger partial charge is 0.310 e. The van der Waals surface area contributed by atoms with Crippen LogP contribution in [-0.2, 0) is 4.79 Å². The van der Waals surface area contributed by atoms with Gasteiger partial charge in [0.15, 0.2) is 12.0 Å². The minimum absolute atomic E-state index is 0.135. The second-order valence-corrected chi connectivity index (χ2v) is 9.13. The molecule has 23 heavy (non-hydrogen) atoms. The molecule has 0 aromatic heterocycles. The van der Waals surface area contributed by atoms with Crippen LogP contribution in [0, 0.1) is 39.9 Å². The molecule has 126 valence electrons. The van der Waals surface area contributed by atoms with Gasteiger partial charge in [-0.25, -0.2) is 4.39 Å². The summed E-state index contributed by atoms with van der Waals surface area (Å²) in [5, 5.41) is 8.09. The summed E-state index contributed by atoms with van der Waals surface area (Å²) in [7, 11) is 0. The normalized spacial score (nSPS) is 52.8. The summed E-state index contributed by atoms with van der Waals surface area (Å²) >= 11 is 0. The van der Waals surface area contributed by atoms with Crippen molar-refractivity contribution in [1.82, 2.24) is 0 Å². The van der Waals surface area contributed by atoms with Crippen LogP contribution in [0.2, 0.25) is 0 Å². The van der Waals surface area contributed by atoms with Crippen molar-refractivity contribution in [2.75, 3.05) is 0 Å². The van der Waals surface area contributed by atoms with Gasteiger partial charge in [0.2, 0.25) is 0 Å². The third-order valence-electron chi connectivity index (χ3n) is 8.18. The molecule has 0 saturated heterocycles. The summed E-state index contributed by atoms with van der Waals surface area (Å²) in [6.07, 6.45) is 4.85. The quantitative estimate of drug-likeness (QED) is 0.645. The number of Topliss-reactive ketones (excluding diaryl/α,β-unsaturated/α-hetero) is 1. The molecule has 0 aliphatic heterocycles. The van der Waals surface area contributed by atoms with Gasteiger partial charge in [-0.3, -0.25) is 4.79 Å². The fraction of sp³-hybridized carbons (Fsp3) is 0.800. The van der Waals surface area contributed by atoms with Crippen LogP contribution in [0.3, 0.4) is 0 Å². The zero-order valence-corrected chi connectivity index (χ0v) is 14.3. The van der Waals surface area contributed by atoms with Gasteiger partial charge in [-0.05, 0) is 74.0 Å². The van der Waals surface area contributed by atoms with Crippen molar-refractivity contribution in [3.05, 3.63) is 12.2 Å². The smallest absolute Gasteiger partial charge is 0.173 e. The molecular weight excluding hydrogens is 289 g/mol. The number of ketones is 1. The number of carbonyl (C=O) groups is 1. The summed E-state index contributed by atoms with van der Waals surface area (Å²) in [5.74, 6) is 1.47. The van der Waals surface area contributed by atoms with Crippen molar-refractivity contribution in [2.45, 2.75) is 65.0 Å². The van der Waals surface area contributed by atoms with Crippen LogP contribution in [0.4, 0.5) is 4.39 Å². The number of allylic oxidation sites excluding steroid dienone is 1.